The number of rotatable bonds is 4. The van der Waals surface area contributed by atoms with E-state index < -0.39 is 0 Å². The third kappa shape index (κ3) is 4.20. The first-order valence-corrected chi connectivity index (χ1v) is 8.51. The van der Waals surface area contributed by atoms with Gasteiger partial charge >= 0.3 is 0 Å². The number of phenols is 1. The highest BCUT2D eigenvalue weighted by Gasteiger charge is 2.23. The van der Waals surface area contributed by atoms with Crippen LogP contribution in [0, 0.1) is 6.92 Å². The Morgan fingerprint density at radius 2 is 1.72 bits per heavy atom. The normalized spacial score (nSPS) is 16.2. The number of piperazine rings is 1. The second-order valence-corrected chi connectivity index (χ2v) is 6.42. The van der Waals surface area contributed by atoms with Crippen LogP contribution in [0.2, 0.25) is 0 Å². The van der Waals surface area contributed by atoms with Crippen molar-refractivity contribution in [1.82, 2.24) is 4.90 Å². The van der Waals surface area contributed by atoms with Crippen LogP contribution < -0.4 is 9.64 Å². The van der Waals surface area contributed by atoms with E-state index in [0.717, 1.165) is 26.2 Å². The van der Waals surface area contributed by atoms with Crippen LogP contribution in [0.15, 0.2) is 42.5 Å². The highest BCUT2D eigenvalue weighted by atomic mass is 35.5. The maximum absolute atomic E-state index is 9.77. The van der Waals surface area contributed by atoms with E-state index in [2.05, 4.69) is 47.9 Å². The molecule has 3 rings (SSSR count). The minimum absolute atomic E-state index is 0. The van der Waals surface area contributed by atoms with Gasteiger partial charge in [-0.2, -0.15) is 0 Å². The van der Waals surface area contributed by atoms with Crippen molar-refractivity contribution in [2.24, 2.45) is 0 Å². The predicted molar refractivity (Wildman–Crippen MR) is 105 cm³/mol. The first kappa shape index (κ1) is 19.4. The second-order valence-electron chi connectivity index (χ2n) is 6.42. The molecule has 1 heterocycles. The van der Waals surface area contributed by atoms with Crippen molar-refractivity contribution in [3.8, 4) is 11.5 Å². The van der Waals surface area contributed by atoms with Gasteiger partial charge in [-0.15, -0.1) is 12.4 Å². The van der Waals surface area contributed by atoms with Crippen LogP contribution in [0.3, 0.4) is 0 Å². The van der Waals surface area contributed by atoms with Crippen molar-refractivity contribution in [2.45, 2.75) is 19.9 Å². The molecular weight excluding hydrogens is 336 g/mol. The number of hydrogen-bond donors (Lipinski definition) is 1. The van der Waals surface area contributed by atoms with Crippen LogP contribution in [0.4, 0.5) is 5.69 Å². The molecule has 0 radical (unpaired) electrons. The van der Waals surface area contributed by atoms with Crippen LogP contribution in [0.1, 0.15) is 24.1 Å². The van der Waals surface area contributed by atoms with Crippen LogP contribution in [0.25, 0.3) is 0 Å². The van der Waals surface area contributed by atoms with Gasteiger partial charge in [-0.1, -0.05) is 24.3 Å². The Morgan fingerprint density at radius 3 is 2.36 bits per heavy atom. The van der Waals surface area contributed by atoms with Gasteiger partial charge in [-0.25, -0.2) is 0 Å². The summed E-state index contributed by atoms with van der Waals surface area (Å²) in [5.74, 6) is 0.732. The summed E-state index contributed by atoms with van der Waals surface area (Å²) in [5.41, 5.74) is 3.85. The number of nitrogens with zero attached hydrogens (tertiary/aromatic N) is 2. The largest absolute Gasteiger partial charge is 0.504 e. The number of phenolic OH excluding ortho intramolecular Hbond substituents is 1. The van der Waals surface area contributed by atoms with E-state index in [-0.39, 0.29) is 18.2 Å². The van der Waals surface area contributed by atoms with Crippen LogP contribution in [-0.4, -0.2) is 43.3 Å². The Balaban J connectivity index is 0.00000225. The number of aryl methyl sites for hydroxylation is 1. The molecule has 4 nitrogen and oxygen atoms in total. The molecule has 5 heteroatoms. The van der Waals surface area contributed by atoms with Gasteiger partial charge in [0, 0.05) is 37.9 Å². The monoisotopic (exact) mass is 362 g/mol. The summed E-state index contributed by atoms with van der Waals surface area (Å²) in [5, 5.41) is 9.77. The molecule has 1 aliphatic rings. The lowest BCUT2D eigenvalue weighted by atomic mass is 10.0. The third-order valence-electron chi connectivity index (χ3n) is 5.00. The average Bonchev–Trinajstić information content (AvgIpc) is 2.62. The molecule has 2 aromatic rings. The highest BCUT2D eigenvalue weighted by molar-refractivity contribution is 5.85. The van der Waals surface area contributed by atoms with Crippen molar-refractivity contribution in [2.75, 3.05) is 38.2 Å². The van der Waals surface area contributed by atoms with E-state index in [1.807, 2.05) is 12.1 Å². The van der Waals surface area contributed by atoms with Crippen molar-refractivity contribution in [1.29, 1.82) is 0 Å². The minimum atomic E-state index is 0. The van der Waals surface area contributed by atoms with Gasteiger partial charge in [0.2, 0.25) is 0 Å². The number of anilines is 1. The molecule has 0 spiro atoms. The van der Waals surface area contributed by atoms with E-state index in [1.165, 1.54) is 16.8 Å². The number of benzene rings is 2. The van der Waals surface area contributed by atoms with Crippen molar-refractivity contribution in [3.63, 3.8) is 0 Å². The van der Waals surface area contributed by atoms with Gasteiger partial charge in [0.25, 0.3) is 0 Å². The topological polar surface area (TPSA) is 35.9 Å². The minimum Gasteiger partial charge on any atom is -0.504 e. The molecule has 2 aromatic carbocycles. The maximum atomic E-state index is 9.77. The molecule has 1 aliphatic heterocycles. The number of hydrogen-bond acceptors (Lipinski definition) is 4. The Hall–Kier alpha value is -1.91. The second kappa shape index (κ2) is 8.45. The van der Waals surface area contributed by atoms with E-state index >= 15 is 0 Å². The average molecular weight is 363 g/mol. The van der Waals surface area contributed by atoms with Gasteiger partial charge in [-0.05, 0) is 43.2 Å². The Labute approximate surface area is 156 Å². The van der Waals surface area contributed by atoms with E-state index in [0.29, 0.717) is 11.8 Å². The standard InChI is InChI=1S/C20H26N2O2.ClH/c1-15-6-4-5-7-18(15)22-12-10-21(11-13-22)16(2)17-8-9-19(23)20(14-17)24-3;/h4-9,14,16,23H,10-13H2,1-3H3;1H. The molecule has 1 N–H and O–H groups in total. The molecule has 1 atom stereocenters. The van der Waals surface area contributed by atoms with Crippen molar-refractivity contribution < 1.29 is 9.84 Å². The SMILES string of the molecule is COc1cc(C(C)N2CCN(c3ccccc3C)CC2)ccc1O.Cl. The Morgan fingerprint density at radius 1 is 1.04 bits per heavy atom. The fraction of sp³-hybridized carbons (Fsp3) is 0.400. The van der Waals surface area contributed by atoms with Crippen molar-refractivity contribution >= 4 is 18.1 Å². The number of aromatic hydroxyl groups is 1. The Bertz CT molecular complexity index is 700. The molecule has 136 valence electrons. The first-order valence-electron chi connectivity index (χ1n) is 8.51. The lowest BCUT2D eigenvalue weighted by Gasteiger charge is -2.39. The molecule has 0 aromatic heterocycles. The maximum Gasteiger partial charge on any atom is 0.160 e. The lowest BCUT2D eigenvalue weighted by molar-refractivity contribution is 0.198. The van der Waals surface area contributed by atoms with Crippen LogP contribution >= 0.6 is 12.4 Å². The fourth-order valence-corrected chi connectivity index (χ4v) is 3.43. The smallest absolute Gasteiger partial charge is 0.160 e. The Kier molecular flexibility index (Phi) is 6.57. The number of halogens is 1. The highest BCUT2D eigenvalue weighted by Crippen LogP contribution is 2.31. The van der Waals surface area contributed by atoms with Crippen LogP contribution in [-0.2, 0) is 0 Å². The van der Waals surface area contributed by atoms with Crippen LogP contribution in [0.5, 0.6) is 11.5 Å². The zero-order valence-electron chi connectivity index (χ0n) is 15.1. The predicted octanol–water partition coefficient (Wildman–Crippen LogP) is 4.01. The molecule has 0 bridgehead atoms. The van der Waals surface area contributed by atoms with Gasteiger partial charge < -0.3 is 14.7 Å². The summed E-state index contributed by atoms with van der Waals surface area (Å²) in [6.45, 7) is 8.51. The molecule has 1 fully saturated rings. The molecule has 1 saturated heterocycles. The molecule has 0 amide bonds. The van der Waals surface area contributed by atoms with Gasteiger partial charge in [0.05, 0.1) is 7.11 Å². The zero-order valence-corrected chi connectivity index (χ0v) is 15.9. The lowest BCUT2D eigenvalue weighted by Crippen LogP contribution is -2.47. The summed E-state index contributed by atoms with van der Waals surface area (Å²) >= 11 is 0. The third-order valence-corrected chi connectivity index (χ3v) is 5.00. The summed E-state index contributed by atoms with van der Waals surface area (Å²) < 4.78 is 5.23. The molecule has 25 heavy (non-hydrogen) atoms. The number of methoxy groups -OCH3 is 1. The summed E-state index contributed by atoms with van der Waals surface area (Å²) in [7, 11) is 1.59. The van der Waals surface area contributed by atoms with Gasteiger partial charge in [-0.3, -0.25) is 4.90 Å². The van der Waals surface area contributed by atoms with Gasteiger partial charge in [0.1, 0.15) is 0 Å². The molecule has 1 unspecified atom stereocenters. The van der Waals surface area contributed by atoms with E-state index in [4.69, 9.17) is 4.74 Å². The van der Waals surface area contributed by atoms with Gasteiger partial charge in [0.15, 0.2) is 11.5 Å². The summed E-state index contributed by atoms with van der Waals surface area (Å²) in [6.07, 6.45) is 0. The first-order chi connectivity index (χ1) is 11.6. The molecular formula is C20H27ClN2O2. The summed E-state index contributed by atoms with van der Waals surface area (Å²) in [4.78, 5) is 4.95. The molecule has 0 saturated carbocycles. The zero-order chi connectivity index (χ0) is 17.1. The van der Waals surface area contributed by atoms with Crippen molar-refractivity contribution in [3.05, 3.63) is 53.6 Å². The quantitative estimate of drug-likeness (QED) is 0.891. The number of ether oxygens (including phenoxy) is 1. The number of para-hydroxylation sites is 1. The van der Waals surface area contributed by atoms with E-state index in [1.54, 1.807) is 13.2 Å². The fourth-order valence-electron chi connectivity index (χ4n) is 3.43. The summed E-state index contributed by atoms with van der Waals surface area (Å²) in [6, 6.07) is 14.5. The van der Waals surface area contributed by atoms with E-state index in [9.17, 15) is 5.11 Å². The molecule has 0 aliphatic carbocycles.